The second-order valence-electron chi connectivity index (χ2n) is 9.76. The van der Waals surface area contributed by atoms with Crippen LogP contribution in [0.25, 0.3) is 0 Å². The number of aliphatic hydroxyl groups is 2. The van der Waals surface area contributed by atoms with Crippen molar-refractivity contribution < 1.29 is 29.2 Å². The first-order valence-corrected chi connectivity index (χ1v) is 10.5. The third kappa shape index (κ3) is 2.73. The van der Waals surface area contributed by atoms with Crippen LogP contribution in [-0.4, -0.2) is 45.6 Å². The fourth-order valence-corrected chi connectivity index (χ4v) is 6.33. The van der Waals surface area contributed by atoms with Crippen LogP contribution in [0.2, 0.25) is 0 Å². The van der Waals surface area contributed by atoms with E-state index in [4.69, 9.17) is 14.2 Å². The number of rotatable bonds is 2. The molecule has 2 aliphatic heterocycles. The molecular formula is C23H32O6. The van der Waals surface area contributed by atoms with E-state index in [-0.39, 0.29) is 12.3 Å². The maximum absolute atomic E-state index is 11.9. The number of esters is 1. The maximum Gasteiger partial charge on any atom is 0.332 e. The van der Waals surface area contributed by atoms with Crippen molar-refractivity contribution in [1.29, 1.82) is 0 Å². The minimum atomic E-state index is -1.65. The average molecular weight is 405 g/mol. The number of aliphatic hydroxyl groups excluding tert-OH is 1. The van der Waals surface area contributed by atoms with Gasteiger partial charge in [0.05, 0.1) is 6.10 Å². The van der Waals surface area contributed by atoms with Crippen molar-refractivity contribution in [3.63, 3.8) is 0 Å². The summed E-state index contributed by atoms with van der Waals surface area (Å²) >= 11 is 0. The van der Waals surface area contributed by atoms with Gasteiger partial charge in [0.25, 0.3) is 0 Å². The van der Waals surface area contributed by atoms with Gasteiger partial charge in [0.15, 0.2) is 11.2 Å². The van der Waals surface area contributed by atoms with Crippen molar-refractivity contribution in [2.24, 2.45) is 11.3 Å². The normalized spacial score (nSPS) is 47.7. The average Bonchev–Trinajstić information content (AvgIpc) is 3.28. The van der Waals surface area contributed by atoms with Crippen molar-refractivity contribution >= 4 is 5.97 Å². The van der Waals surface area contributed by atoms with E-state index in [1.54, 1.807) is 6.08 Å². The second kappa shape index (κ2) is 6.51. The Morgan fingerprint density at radius 3 is 2.79 bits per heavy atom. The fraction of sp³-hybridized carbons (Fsp3) is 0.696. The predicted octanol–water partition coefficient (Wildman–Crippen LogP) is 3.14. The molecule has 29 heavy (non-hydrogen) atoms. The summed E-state index contributed by atoms with van der Waals surface area (Å²) in [4.78, 5) is 11.9. The number of ether oxygens (including phenoxy) is 3. The zero-order valence-electron chi connectivity index (χ0n) is 17.6. The van der Waals surface area contributed by atoms with Crippen LogP contribution in [0.1, 0.15) is 59.3 Å². The second-order valence-corrected chi connectivity index (χ2v) is 9.76. The Labute approximate surface area is 172 Å². The lowest BCUT2D eigenvalue weighted by atomic mass is 9.54. The van der Waals surface area contributed by atoms with Crippen LogP contribution in [0, 0.1) is 11.3 Å². The first-order chi connectivity index (χ1) is 13.5. The van der Waals surface area contributed by atoms with E-state index < -0.39 is 40.8 Å². The summed E-state index contributed by atoms with van der Waals surface area (Å²) in [5, 5.41) is 22.2. The van der Waals surface area contributed by atoms with Gasteiger partial charge in [-0.05, 0) is 44.9 Å². The zero-order chi connectivity index (χ0) is 21.2. The summed E-state index contributed by atoms with van der Waals surface area (Å²) in [5.41, 5.74) is -0.433. The first-order valence-electron chi connectivity index (χ1n) is 10.5. The lowest BCUT2D eigenvalue weighted by Gasteiger charge is -2.47. The largest absolute Gasteiger partial charge is 0.429 e. The number of hydrogen-bond donors (Lipinski definition) is 2. The van der Waals surface area contributed by atoms with Gasteiger partial charge in [-0.2, -0.15) is 0 Å². The minimum absolute atomic E-state index is 0.163. The quantitative estimate of drug-likeness (QED) is 0.318. The Balaban J connectivity index is 1.79. The van der Waals surface area contributed by atoms with Crippen molar-refractivity contribution in [3.8, 4) is 0 Å². The Morgan fingerprint density at radius 2 is 2.10 bits per heavy atom. The predicted molar refractivity (Wildman–Crippen MR) is 107 cm³/mol. The van der Waals surface area contributed by atoms with Crippen molar-refractivity contribution in [1.82, 2.24) is 0 Å². The smallest absolute Gasteiger partial charge is 0.332 e. The van der Waals surface area contributed by atoms with Crippen LogP contribution in [-0.2, 0) is 19.0 Å². The van der Waals surface area contributed by atoms with E-state index >= 15 is 0 Å². The molecule has 4 rings (SSSR count). The monoisotopic (exact) mass is 404 g/mol. The van der Waals surface area contributed by atoms with Gasteiger partial charge in [0.1, 0.15) is 0 Å². The molecule has 2 N–H and O–H groups in total. The molecule has 6 heteroatoms. The minimum Gasteiger partial charge on any atom is -0.429 e. The van der Waals surface area contributed by atoms with Gasteiger partial charge in [-0.1, -0.05) is 44.2 Å². The number of hydrogen-bond acceptors (Lipinski definition) is 6. The SMILES string of the molecule is C=CC(=O)O[C@H]1O[C@]2(O)C/C(C)=C\[C@@H](O)CC(=C)CC[C@@H]3CC[C@@]14O[C@@]24C3(C)C. The maximum atomic E-state index is 11.9. The van der Waals surface area contributed by atoms with E-state index in [9.17, 15) is 15.0 Å². The zero-order valence-corrected chi connectivity index (χ0v) is 17.6. The molecule has 0 aromatic heterocycles. The number of fused-ring (bicyclic) bond motifs is 1. The molecule has 0 aromatic rings. The van der Waals surface area contributed by atoms with Crippen LogP contribution in [0.15, 0.2) is 36.5 Å². The summed E-state index contributed by atoms with van der Waals surface area (Å²) in [6.45, 7) is 13.7. The Morgan fingerprint density at radius 1 is 1.38 bits per heavy atom. The van der Waals surface area contributed by atoms with Crippen molar-refractivity contribution in [3.05, 3.63) is 36.5 Å². The fourth-order valence-electron chi connectivity index (χ4n) is 6.33. The molecule has 0 amide bonds. The van der Waals surface area contributed by atoms with E-state index in [1.165, 1.54) is 0 Å². The molecule has 6 atom stereocenters. The van der Waals surface area contributed by atoms with E-state index in [0.717, 1.165) is 36.5 Å². The van der Waals surface area contributed by atoms with Crippen LogP contribution >= 0.6 is 0 Å². The molecule has 1 saturated carbocycles. The molecule has 160 valence electrons. The van der Waals surface area contributed by atoms with E-state index in [2.05, 4.69) is 27.0 Å². The molecule has 2 heterocycles. The highest BCUT2D eigenvalue weighted by Gasteiger charge is 2.94. The highest BCUT2D eigenvalue weighted by Crippen LogP contribution is 2.77. The summed E-state index contributed by atoms with van der Waals surface area (Å²) < 4.78 is 18.0. The van der Waals surface area contributed by atoms with Crippen molar-refractivity contribution in [2.45, 2.75) is 88.7 Å². The van der Waals surface area contributed by atoms with Gasteiger partial charge in [0, 0.05) is 17.9 Å². The molecule has 2 saturated heterocycles. The van der Waals surface area contributed by atoms with Gasteiger partial charge in [-0.15, -0.1) is 0 Å². The Hall–Kier alpha value is -1.47. The van der Waals surface area contributed by atoms with Crippen LogP contribution in [0.4, 0.5) is 0 Å². The molecular weight excluding hydrogens is 372 g/mol. The highest BCUT2D eigenvalue weighted by atomic mass is 16.8. The topological polar surface area (TPSA) is 88.5 Å². The van der Waals surface area contributed by atoms with Gasteiger partial charge < -0.3 is 24.4 Å². The standard InChI is InChI=1S/C23H32O6/c1-6-18(25)27-19-21-10-9-16-8-7-14(2)11-17(24)12-15(3)13-22(26,28-19)23(21,29-21)20(16,4)5/h6,12,16-17,19,24,26H,1-2,7-11,13H2,3-5H3/b15-12-/t16-,17+,19+,21-,22-,23-/m1/s1. The molecule has 1 spiro atoms. The molecule has 6 nitrogen and oxygen atoms in total. The Bertz CT molecular complexity index is 784. The first kappa shape index (κ1) is 20.8. The molecule has 0 aromatic carbocycles. The Kier molecular flexibility index (Phi) is 4.67. The van der Waals surface area contributed by atoms with Gasteiger partial charge in [0.2, 0.25) is 12.1 Å². The summed E-state index contributed by atoms with van der Waals surface area (Å²) in [5.74, 6) is -1.98. The molecule has 2 aliphatic carbocycles. The summed E-state index contributed by atoms with van der Waals surface area (Å²) in [7, 11) is 0. The highest BCUT2D eigenvalue weighted by molar-refractivity contribution is 5.81. The molecule has 0 radical (unpaired) electrons. The summed E-state index contributed by atoms with van der Waals surface area (Å²) in [6, 6.07) is 0. The summed E-state index contributed by atoms with van der Waals surface area (Å²) in [6.07, 6.45) is 5.10. The van der Waals surface area contributed by atoms with Crippen molar-refractivity contribution in [2.75, 3.05) is 0 Å². The molecule has 4 aliphatic rings. The van der Waals surface area contributed by atoms with Gasteiger partial charge in [-0.3, -0.25) is 0 Å². The molecule has 0 unspecified atom stereocenters. The lowest BCUT2D eigenvalue weighted by Crippen LogP contribution is -2.59. The van der Waals surface area contributed by atoms with Gasteiger partial charge in [-0.25, -0.2) is 4.79 Å². The number of epoxide rings is 1. The van der Waals surface area contributed by atoms with E-state index in [0.29, 0.717) is 12.8 Å². The van der Waals surface area contributed by atoms with Crippen LogP contribution in [0.5, 0.6) is 0 Å². The number of carbonyl (C=O) groups is 1. The third-order valence-corrected chi connectivity index (χ3v) is 7.64. The lowest BCUT2D eigenvalue weighted by molar-refractivity contribution is -0.309. The third-order valence-electron chi connectivity index (χ3n) is 7.64. The molecule has 3 fully saturated rings. The van der Waals surface area contributed by atoms with E-state index in [1.807, 2.05) is 6.92 Å². The molecule has 2 bridgehead atoms. The number of carbonyl (C=O) groups excluding carboxylic acids is 1. The van der Waals surface area contributed by atoms with Crippen LogP contribution < -0.4 is 0 Å². The van der Waals surface area contributed by atoms with Gasteiger partial charge >= 0.3 is 5.97 Å². The van der Waals surface area contributed by atoms with Crippen LogP contribution in [0.3, 0.4) is 0 Å².